The molecule has 4 rings (SSSR count). The van der Waals surface area contributed by atoms with Crippen LogP contribution < -0.4 is 9.64 Å². The Morgan fingerprint density at radius 2 is 1.86 bits per heavy atom. The zero-order valence-electron chi connectivity index (χ0n) is 20.5. The van der Waals surface area contributed by atoms with Crippen molar-refractivity contribution in [1.82, 2.24) is 4.98 Å². The third-order valence-corrected chi connectivity index (χ3v) is 8.91. The Morgan fingerprint density at radius 1 is 1.19 bits per heavy atom. The number of Topliss-reactive ketones (excluding diaryl/α,β-unsaturated/α-hetero) is 1. The van der Waals surface area contributed by atoms with E-state index in [1.165, 1.54) is 17.2 Å². The van der Waals surface area contributed by atoms with E-state index >= 15 is 4.39 Å². The SMILES string of the molecule is C=C1N(c2nccc(OCC(F)F)c2F)c2ccc(C(=O)CC3(C)CCS(=O)(=O)CC3)cc2C1(C)C. The van der Waals surface area contributed by atoms with Crippen molar-refractivity contribution in [3.63, 3.8) is 0 Å². The number of ether oxygens (including phenoxy) is 1. The van der Waals surface area contributed by atoms with Gasteiger partial charge >= 0.3 is 0 Å². The number of nitrogens with zero attached hydrogens (tertiary/aromatic N) is 2. The van der Waals surface area contributed by atoms with Crippen molar-refractivity contribution in [3.8, 4) is 5.75 Å². The molecule has 0 saturated carbocycles. The highest BCUT2D eigenvalue weighted by Gasteiger charge is 2.42. The van der Waals surface area contributed by atoms with Crippen LogP contribution in [0.15, 0.2) is 42.7 Å². The number of fused-ring (bicyclic) bond motifs is 1. The quantitative estimate of drug-likeness (QED) is 0.441. The number of halogens is 3. The third-order valence-electron chi connectivity index (χ3n) is 7.26. The second kappa shape index (κ2) is 9.21. The molecule has 3 heterocycles. The molecule has 10 heteroatoms. The fourth-order valence-electron chi connectivity index (χ4n) is 4.76. The molecule has 1 aromatic heterocycles. The lowest BCUT2D eigenvalue weighted by Gasteiger charge is -2.32. The number of anilines is 2. The fraction of sp³-hybridized carbons (Fsp3) is 0.462. The van der Waals surface area contributed by atoms with Gasteiger partial charge in [-0.1, -0.05) is 27.4 Å². The van der Waals surface area contributed by atoms with Gasteiger partial charge in [0.25, 0.3) is 6.43 Å². The number of alkyl halides is 2. The van der Waals surface area contributed by atoms with Gasteiger partial charge in [0, 0.05) is 35.4 Å². The molecule has 1 aromatic carbocycles. The van der Waals surface area contributed by atoms with Crippen molar-refractivity contribution in [3.05, 3.63) is 59.7 Å². The van der Waals surface area contributed by atoms with Gasteiger partial charge in [0.1, 0.15) is 16.4 Å². The summed E-state index contributed by atoms with van der Waals surface area (Å²) in [5.74, 6) is -1.28. The zero-order valence-corrected chi connectivity index (χ0v) is 21.3. The number of ketones is 1. The van der Waals surface area contributed by atoms with Crippen LogP contribution in [0.25, 0.3) is 0 Å². The number of sulfone groups is 1. The van der Waals surface area contributed by atoms with E-state index in [9.17, 15) is 22.0 Å². The highest BCUT2D eigenvalue weighted by molar-refractivity contribution is 7.91. The lowest BCUT2D eigenvalue weighted by molar-refractivity contribution is 0.0799. The molecule has 0 spiro atoms. The van der Waals surface area contributed by atoms with Gasteiger partial charge < -0.3 is 4.74 Å². The summed E-state index contributed by atoms with van der Waals surface area (Å²) in [6, 6.07) is 6.30. The van der Waals surface area contributed by atoms with Gasteiger partial charge in [-0.3, -0.25) is 9.69 Å². The highest BCUT2D eigenvalue weighted by atomic mass is 32.2. The van der Waals surface area contributed by atoms with Gasteiger partial charge in [0.05, 0.1) is 17.2 Å². The van der Waals surface area contributed by atoms with Gasteiger partial charge in [-0.2, -0.15) is 4.39 Å². The first-order valence-corrected chi connectivity index (χ1v) is 13.5. The number of hydrogen-bond donors (Lipinski definition) is 0. The number of carbonyl (C=O) groups excluding carboxylic acids is 1. The Balaban J connectivity index is 1.65. The molecule has 6 nitrogen and oxygen atoms in total. The minimum atomic E-state index is -3.04. The van der Waals surface area contributed by atoms with Crippen LogP contribution in [-0.4, -0.2) is 43.7 Å². The summed E-state index contributed by atoms with van der Waals surface area (Å²) in [6.45, 7) is 8.92. The molecule has 0 aliphatic carbocycles. The van der Waals surface area contributed by atoms with Crippen LogP contribution in [-0.2, 0) is 15.3 Å². The maximum atomic E-state index is 15.2. The largest absolute Gasteiger partial charge is 0.484 e. The molecule has 0 amide bonds. The molecular formula is C26H29F3N2O4S. The Bertz CT molecular complexity index is 1310. The van der Waals surface area contributed by atoms with Crippen LogP contribution in [0, 0.1) is 11.2 Å². The first-order chi connectivity index (χ1) is 16.7. The molecular weight excluding hydrogens is 493 g/mol. The first-order valence-electron chi connectivity index (χ1n) is 11.7. The smallest absolute Gasteiger partial charge is 0.272 e. The average Bonchev–Trinajstić information content (AvgIpc) is 3.00. The summed E-state index contributed by atoms with van der Waals surface area (Å²) in [4.78, 5) is 18.9. The van der Waals surface area contributed by atoms with Gasteiger partial charge in [0.15, 0.2) is 17.4 Å². The van der Waals surface area contributed by atoms with E-state index in [1.54, 1.807) is 18.2 Å². The maximum absolute atomic E-state index is 15.2. The molecule has 0 radical (unpaired) electrons. The normalized spacial score (nSPS) is 19.9. The predicted octanol–water partition coefficient (Wildman–Crippen LogP) is 5.60. The van der Waals surface area contributed by atoms with E-state index in [4.69, 9.17) is 4.74 Å². The first kappa shape index (κ1) is 26.2. The lowest BCUT2D eigenvalue weighted by Crippen LogP contribution is -2.33. The summed E-state index contributed by atoms with van der Waals surface area (Å²) in [5.41, 5.74) is 1.24. The van der Waals surface area contributed by atoms with Crippen LogP contribution in [0.5, 0.6) is 5.75 Å². The van der Waals surface area contributed by atoms with Crippen molar-refractivity contribution in [2.24, 2.45) is 5.41 Å². The molecule has 1 saturated heterocycles. The average molecular weight is 523 g/mol. The van der Waals surface area contributed by atoms with Crippen LogP contribution in [0.2, 0.25) is 0 Å². The molecule has 2 aromatic rings. The van der Waals surface area contributed by atoms with E-state index in [2.05, 4.69) is 11.6 Å². The van der Waals surface area contributed by atoms with E-state index in [1.807, 2.05) is 20.8 Å². The molecule has 36 heavy (non-hydrogen) atoms. The zero-order chi connectivity index (χ0) is 26.5. The van der Waals surface area contributed by atoms with Gasteiger partial charge in [0.2, 0.25) is 5.82 Å². The Labute approximate surface area is 209 Å². The summed E-state index contributed by atoms with van der Waals surface area (Å²) < 4.78 is 69.0. The van der Waals surface area contributed by atoms with Gasteiger partial charge in [-0.05, 0) is 42.0 Å². The minimum absolute atomic E-state index is 0.0848. The number of pyridine rings is 1. The van der Waals surface area contributed by atoms with Crippen LogP contribution in [0.3, 0.4) is 0 Å². The van der Waals surface area contributed by atoms with Crippen LogP contribution >= 0.6 is 0 Å². The van der Waals surface area contributed by atoms with Gasteiger partial charge in [-0.15, -0.1) is 0 Å². The summed E-state index contributed by atoms with van der Waals surface area (Å²) in [6.07, 6.45) is -0.362. The highest BCUT2D eigenvalue weighted by Crippen LogP contribution is 2.51. The molecule has 194 valence electrons. The standard InChI is InChI=1S/C26H29F3N2O4S/c1-16-25(2,3)18-13-17(20(32)14-26(4)8-11-36(33,34)12-9-26)5-6-19(18)31(16)24-23(29)21(7-10-30-24)35-15-22(27)28/h5-7,10,13,22H,1,8-9,11-12,14-15H2,2-4H3. The summed E-state index contributed by atoms with van der Waals surface area (Å²) >= 11 is 0. The molecule has 0 bridgehead atoms. The third kappa shape index (κ3) is 4.87. The molecule has 0 N–H and O–H groups in total. The number of allylic oxidation sites excluding steroid dienone is 1. The van der Waals surface area contributed by atoms with Crippen molar-refractivity contribution in [1.29, 1.82) is 0 Å². The topological polar surface area (TPSA) is 76.6 Å². The Kier molecular flexibility index (Phi) is 6.70. The van der Waals surface area contributed by atoms with Gasteiger partial charge in [-0.25, -0.2) is 22.2 Å². The predicted molar refractivity (Wildman–Crippen MR) is 131 cm³/mol. The monoisotopic (exact) mass is 522 g/mol. The second-order valence-corrected chi connectivity index (χ2v) is 12.7. The van der Waals surface area contributed by atoms with Crippen molar-refractivity contribution >= 4 is 27.1 Å². The molecule has 0 unspecified atom stereocenters. The van der Waals surface area contributed by atoms with E-state index < -0.39 is 39.5 Å². The van der Waals surface area contributed by atoms with E-state index in [-0.39, 0.29) is 35.3 Å². The second-order valence-electron chi connectivity index (χ2n) is 10.4. The minimum Gasteiger partial charge on any atom is -0.484 e. The number of aromatic nitrogens is 1. The van der Waals surface area contributed by atoms with E-state index in [0.717, 1.165) is 5.56 Å². The van der Waals surface area contributed by atoms with Crippen molar-refractivity contribution in [2.45, 2.75) is 51.9 Å². The lowest BCUT2D eigenvalue weighted by atomic mass is 9.77. The fourth-order valence-corrected chi connectivity index (χ4v) is 6.57. The maximum Gasteiger partial charge on any atom is 0.272 e. The number of rotatable bonds is 7. The Morgan fingerprint density at radius 3 is 2.50 bits per heavy atom. The number of carbonyl (C=O) groups is 1. The summed E-state index contributed by atoms with van der Waals surface area (Å²) in [5, 5.41) is 0. The molecule has 2 aliphatic heterocycles. The van der Waals surface area contributed by atoms with Crippen molar-refractivity contribution in [2.75, 3.05) is 23.0 Å². The van der Waals surface area contributed by atoms with E-state index in [0.29, 0.717) is 29.8 Å². The summed E-state index contributed by atoms with van der Waals surface area (Å²) in [7, 11) is -3.04. The Hall–Kier alpha value is -2.88. The molecule has 2 aliphatic rings. The molecule has 1 fully saturated rings. The number of hydrogen-bond acceptors (Lipinski definition) is 6. The van der Waals surface area contributed by atoms with Crippen LogP contribution in [0.4, 0.5) is 24.7 Å². The molecule has 0 atom stereocenters. The number of benzene rings is 1. The van der Waals surface area contributed by atoms with Crippen LogP contribution in [0.1, 0.15) is 56.0 Å². The van der Waals surface area contributed by atoms with Crippen molar-refractivity contribution < 1.29 is 31.1 Å².